The Kier molecular flexibility index (Phi) is 1.96. The number of carboxylic acid groups (broad SMARTS) is 1. The van der Waals surface area contributed by atoms with Crippen molar-refractivity contribution >= 4 is 11.9 Å². The summed E-state index contributed by atoms with van der Waals surface area (Å²) >= 11 is 0. The van der Waals surface area contributed by atoms with Crippen LogP contribution in [0.25, 0.3) is 0 Å². The Morgan fingerprint density at radius 2 is 2.35 bits per heavy atom. The van der Waals surface area contributed by atoms with Gasteiger partial charge in [0, 0.05) is 6.04 Å². The fourth-order valence-corrected chi connectivity index (χ4v) is 3.25. The quantitative estimate of drug-likeness (QED) is 0.700. The second kappa shape index (κ2) is 3.10. The molecule has 0 unspecified atom stereocenters. The van der Waals surface area contributed by atoms with Gasteiger partial charge in [-0.1, -0.05) is 12.2 Å². The van der Waals surface area contributed by atoms with E-state index in [-0.39, 0.29) is 11.9 Å². The minimum absolute atomic E-state index is 0.0768. The number of carbonyl (C=O) groups is 2. The molecule has 2 saturated heterocycles. The molecular formula is C12H15NO4. The van der Waals surface area contributed by atoms with Gasteiger partial charge in [-0.15, -0.1) is 0 Å². The van der Waals surface area contributed by atoms with Gasteiger partial charge < -0.3 is 14.7 Å². The predicted octanol–water partition coefficient (Wildman–Crippen LogP) is 0.261. The smallest absolute Gasteiger partial charge is 0.310 e. The van der Waals surface area contributed by atoms with Crippen LogP contribution < -0.4 is 0 Å². The van der Waals surface area contributed by atoms with Crippen LogP contribution in [-0.2, 0) is 14.3 Å². The average molecular weight is 237 g/mol. The molecule has 1 amide bonds. The Bertz CT molecular complexity index is 430. The summed E-state index contributed by atoms with van der Waals surface area (Å²) in [6.45, 7) is 4.34. The highest BCUT2D eigenvalue weighted by atomic mass is 16.5. The van der Waals surface area contributed by atoms with Gasteiger partial charge in [0.15, 0.2) is 0 Å². The first kappa shape index (κ1) is 10.8. The average Bonchev–Trinajstić information content (AvgIpc) is 2.86. The van der Waals surface area contributed by atoms with Crippen LogP contribution in [-0.4, -0.2) is 46.2 Å². The lowest BCUT2D eigenvalue weighted by Gasteiger charge is -2.24. The van der Waals surface area contributed by atoms with Crippen LogP contribution in [0.2, 0.25) is 0 Å². The zero-order valence-electron chi connectivity index (χ0n) is 9.79. The van der Waals surface area contributed by atoms with E-state index >= 15 is 0 Å². The third kappa shape index (κ3) is 1.17. The van der Waals surface area contributed by atoms with Gasteiger partial charge in [0.05, 0.1) is 18.6 Å². The van der Waals surface area contributed by atoms with Crippen molar-refractivity contribution in [1.82, 2.24) is 4.90 Å². The number of carboxylic acids is 1. The monoisotopic (exact) mass is 237 g/mol. The van der Waals surface area contributed by atoms with Gasteiger partial charge in [-0.05, 0) is 13.8 Å². The van der Waals surface area contributed by atoms with E-state index in [0.29, 0.717) is 6.54 Å². The van der Waals surface area contributed by atoms with Crippen molar-refractivity contribution in [3.63, 3.8) is 0 Å². The maximum absolute atomic E-state index is 12.3. The number of carbonyl (C=O) groups excluding carboxylic acids is 1. The SMILES string of the molecule is CC(C)N1C[C@@]23C=C[C@H](O2)[C@@H](C(=O)O)[C@@H]3C1=O. The normalized spacial score (nSPS) is 42.6. The van der Waals surface area contributed by atoms with Crippen molar-refractivity contribution in [3.05, 3.63) is 12.2 Å². The predicted molar refractivity (Wildman–Crippen MR) is 58.2 cm³/mol. The van der Waals surface area contributed by atoms with Gasteiger partial charge in [0.1, 0.15) is 11.5 Å². The number of likely N-dealkylation sites (tertiary alicyclic amines) is 1. The molecule has 0 saturated carbocycles. The van der Waals surface area contributed by atoms with Gasteiger partial charge >= 0.3 is 5.97 Å². The summed E-state index contributed by atoms with van der Waals surface area (Å²) in [7, 11) is 0. The summed E-state index contributed by atoms with van der Waals surface area (Å²) in [4.78, 5) is 25.3. The molecule has 5 nitrogen and oxygen atoms in total. The van der Waals surface area contributed by atoms with Crippen LogP contribution in [0, 0.1) is 11.8 Å². The first-order valence-corrected chi connectivity index (χ1v) is 5.87. The molecule has 17 heavy (non-hydrogen) atoms. The molecule has 3 aliphatic heterocycles. The summed E-state index contributed by atoms with van der Waals surface area (Å²) in [5.41, 5.74) is -0.685. The molecule has 4 atom stereocenters. The molecule has 0 aromatic heterocycles. The largest absolute Gasteiger partial charge is 0.481 e. The van der Waals surface area contributed by atoms with Crippen LogP contribution in [0.15, 0.2) is 12.2 Å². The lowest BCUT2D eigenvalue weighted by atomic mass is 9.77. The summed E-state index contributed by atoms with van der Waals surface area (Å²) in [6, 6.07) is 0.0768. The third-order valence-corrected chi connectivity index (χ3v) is 4.04. The lowest BCUT2D eigenvalue weighted by Crippen LogP contribution is -2.39. The molecule has 2 fully saturated rings. The molecule has 3 rings (SSSR count). The number of rotatable bonds is 2. The van der Waals surface area contributed by atoms with Crippen LogP contribution in [0.1, 0.15) is 13.8 Å². The van der Waals surface area contributed by atoms with Gasteiger partial charge in [-0.3, -0.25) is 9.59 Å². The second-order valence-electron chi connectivity index (χ2n) is 5.30. The molecule has 92 valence electrons. The number of ether oxygens (including phenoxy) is 1. The number of amides is 1. The Morgan fingerprint density at radius 3 is 2.94 bits per heavy atom. The van der Waals surface area contributed by atoms with Crippen LogP contribution in [0.4, 0.5) is 0 Å². The number of hydrogen-bond acceptors (Lipinski definition) is 3. The van der Waals surface area contributed by atoms with E-state index in [2.05, 4.69) is 0 Å². The number of fused-ring (bicyclic) bond motifs is 1. The molecule has 3 aliphatic rings. The van der Waals surface area contributed by atoms with Crippen molar-refractivity contribution in [2.45, 2.75) is 31.6 Å². The standard InChI is InChI=1S/C12H15NO4/c1-6(2)13-5-12-4-3-7(17-12)8(11(15)16)9(12)10(13)14/h3-4,6-9H,5H2,1-2H3,(H,15,16)/t7-,8+,9+,12+/m0/s1. The topological polar surface area (TPSA) is 66.8 Å². The van der Waals surface area contributed by atoms with Crippen LogP contribution in [0.5, 0.6) is 0 Å². The Morgan fingerprint density at radius 1 is 1.65 bits per heavy atom. The molecular weight excluding hydrogens is 222 g/mol. The molecule has 0 aromatic rings. The third-order valence-electron chi connectivity index (χ3n) is 4.04. The minimum Gasteiger partial charge on any atom is -0.481 e. The second-order valence-corrected chi connectivity index (χ2v) is 5.30. The van der Waals surface area contributed by atoms with E-state index in [0.717, 1.165) is 0 Å². The van der Waals surface area contributed by atoms with Gasteiger partial charge in [-0.25, -0.2) is 0 Å². The Labute approximate surface area is 99.0 Å². The zero-order valence-corrected chi connectivity index (χ0v) is 9.79. The van der Waals surface area contributed by atoms with Gasteiger partial charge in [-0.2, -0.15) is 0 Å². The maximum atomic E-state index is 12.3. The number of aliphatic carboxylic acids is 1. The van der Waals surface area contributed by atoms with E-state index < -0.39 is 29.5 Å². The van der Waals surface area contributed by atoms with Crippen LogP contribution in [0.3, 0.4) is 0 Å². The summed E-state index contributed by atoms with van der Waals surface area (Å²) in [5.74, 6) is -2.29. The van der Waals surface area contributed by atoms with E-state index in [9.17, 15) is 14.7 Å². The summed E-state index contributed by atoms with van der Waals surface area (Å²) in [6.07, 6.45) is 3.23. The van der Waals surface area contributed by atoms with Crippen molar-refractivity contribution in [3.8, 4) is 0 Å². The zero-order chi connectivity index (χ0) is 12.4. The Hall–Kier alpha value is -1.36. The maximum Gasteiger partial charge on any atom is 0.310 e. The highest BCUT2D eigenvalue weighted by Crippen LogP contribution is 2.52. The van der Waals surface area contributed by atoms with Crippen LogP contribution >= 0.6 is 0 Å². The van der Waals surface area contributed by atoms with Crippen molar-refractivity contribution in [2.75, 3.05) is 6.54 Å². The van der Waals surface area contributed by atoms with E-state index in [1.807, 2.05) is 19.9 Å². The van der Waals surface area contributed by atoms with Gasteiger partial charge in [0.25, 0.3) is 0 Å². The van der Waals surface area contributed by atoms with Crippen molar-refractivity contribution in [1.29, 1.82) is 0 Å². The highest BCUT2D eigenvalue weighted by molar-refractivity contribution is 5.90. The molecule has 0 radical (unpaired) electrons. The van der Waals surface area contributed by atoms with E-state index in [1.54, 1.807) is 11.0 Å². The molecule has 1 spiro atoms. The Balaban J connectivity index is 2.01. The van der Waals surface area contributed by atoms with E-state index in [1.165, 1.54) is 0 Å². The van der Waals surface area contributed by atoms with Crippen molar-refractivity contribution < 1.29 is 19.4 Å². The molecule has 0 aromatic carbocycles. The van der Waals surface area contributed by atoms with Gasteiger partial charge in [0.2, 0.25) is 5.91 Å². The lowest BCUT2D eigenvalue weighted by molar-refractivity contribution is -0.148. The first-order valence-electron chi connectivity index (χ1n) is 5.87. The molecule has 3 heterocycles. The van der Waals surface area contributed by atoms with E-state index in [4.69, 9.17) is 4.74 Å². The highest BCUT2D eigenvalue weighted by Gasteiger charge is 2.67. The fraction of sp³-hybridized carbons (Fsp3) is 0.667. The summed E-state index contributed by atoms with van der Waals surface area (Å²) < 4.78 is 5.75. The molecule has 0 aliphatic carbocycles. The molecule has 2 bridgehead atoms. The number of hydrogen-bond donors (Lipinski definition) is 1. The van der Waals surface area contributed by atoms with Crippen molar-refractivity contribution in [2.24, 2.45) is 11.8 Å². The minimum atomic E-state index is -0.940. The first-order chi connectivity index (χ1) is 7.96. The number of nitrogens with zero attached hydrogens (tertiary/aromatic N) is 1. The fourth-order valence-electron chi connectivity index (χ4n) is 3.25. The molecule has 5 heteroatoms. The summed E-state index contributed by atoms with van der Waals surface area (Å²) in [5, 5.41) is 9.24. The molecule has 1 N–H and O–H groups in total.